The molecular weight excluding hydrogens is 508 g/mol. The molecule has 3 aromatic carbocycles. The minimum Gasteiger partial charge on any atom is -0.441 e. The highest BCUT2D eigenvalue weighted by molar-refractivity contribution is 5.97. The molecule has 9 nitrogen and oxygen atoms in total. The molecule has 0 aliphatic carbocycles. The third kappa shape index (κ3) is 7.35. The third-order valence-corrected chi connectivity index (χ3v) is 6.46. The van der Waals surface area contributed by atoms with Crippen molar-refractivity contribution in [2.24, 2.45) is 7.05 Å². The molecule has 1 heterocycles. The van der Waals surface area contributed by atoms with Gasteiger partial charge in [0, 0.05) is 24.6 Å². The maximum atomic E-state index is 12.7. The second-order valence-corrected chi connectivity index (χ2v) is 9.34. The van der Waals surface area contributed by atoms with Gasteiger partial charge in [0.25, 0.3) is 5.91 Å². The van der Waals surface area contributed by atoms with Gasteiger partial charge < -0.3 is 9.57 Å². The molecule has 0 spiro atoms. The number of nitrogens with one attached hydrogen (secondary N) is 2. The Bertz CT molecular complexity index is 1470. The van der Waals surface area contributed by atoms with E-state index in [2.05, 4.69) is 15.9 Å². The van der Waals surface area contributed by atoms with Gasteiger partial charge in [0.2, 0.25) is 0 Å². The summed E-state index contributed by atoms with van der Waals surface area (Å²) in [5.74, 6) is -1.09. The molecule has 2 N–H and O–H groups in total. The van der Waals surface area contributed by atoms with E-state index in [1.54, 1.807) is 42.9 Å². The molecule has 1 aromatic heterocycles. The molecule has 0 aliphatic heterocycles. The molecule has 40 heavy (non-hydrogen) atoms. The number of benzene rings is 3. The minimum absolute atomic E-state index is 0.177. The van der Waals surface area contributed by atoms with Crippen LogP contribution in [0.2, 0.25) is 0 Å². The van der Waals surface area contributed by atoms with Crippen LogP contribution in [0, 0.1) is 6.92 Å². The molecule has 1 atom stereocenters. The van der Waals surface area contributed by atoms with Gasteiger partial charge in [-0.2, -0.15) is 10.6 Å². The van der Waals surface area contributed by atoms with Crippen LogP contribution in [0.4, 0.5) is 10.5 Å². The zero-order chi connectivity index (χ0) is 28.5. The Morgan fingerprint density at radius 3 is 2.38 bits per heavy atom. The van der Waals surface area contributed by atoms with E-state index in [4.69, 9.17) is 9.57 Å². The van der Waals surface area contributed by atoms with Crippen molar-refractivity contribution in [2.45, 2.75) is 39.2 Å². The van der Waals surface area contributed by atoms with Gasteiger partial charge in [-0.25, -0.2) is 9.59 Å². The van der Waals surface area contributed by atoms with E-state index in [1.807, 2.05) is 67.6 Å². The second-order valence-electron chi connectivity index (χ2n) is 9.34. The second kappa shape index (κ2) is 13.2. The highest BCUT2D eigenvalue weighted by atomic mass is 16.7. The average Bonchev–Trinajstić information content (AvgIpc) is 3.25. The molecule has 0 radical (unpaired) electrons. The number of ether oxygens (including phenoxy) is 1. The van der Waals surface area contributed by atoms with Crippen molar-refractivity contribution in [3.63, 3.8) is 0 Å². The molecule has 9 heteroatoms. The van der Waals surface area contributed by atoms with E-state index in [-0.39, 0.29) is 12.0 Å². The van der Waals surface area contributed by atoms with Crippen LogP contribution in [-0.4, -0.2) is 27.8 Å². The quantitative estimate of drug-likeness (QED) is 0.255. The standard InChI is InChI=1S/C31H32N4O5/c1-21-28(32-31(38)39-22(2)24-15-8-5-9-16-24)29(33-35(21)3)25-17-11-18-26(20-25)30(37)34-40-27(36)19-10-14-23-12-6-4-7-13-23/h4-9,11-13,15-18,20,22H,10,14,19H2,1-3H3,(H,32,38)(H,34,37)/t22-/m1/s1. The molecule has 0 aliphatic rings. The monoisotopic (exact) mass is 540 g/mol. The zero-order valence-electron chi connectivity index (χ0n) is 22.7. The molecule has 4 rings (SSSR count). The summed E-state index contributed by atoms with van der Waals surface area (Å²) in [7, 11) is 1.76. The molecule has 0 bridgehead atoms. The first kappa shape index (κ1) is 28.1. The fourth-order valence-corrected chi connectivity index (χ4v) is 4.15. The lowest BCUT2D eigenvalue weighted by Crippen LogP contribution is -2.27. The Morgan fingerprint density at radius 2 is 1.65 bits per heavy atom. The average molecular weight is 541 g/mol. The first-order chi connectivity index (χ1) is 19.3. The van der Waals surface area contributed by atoms with Gasteiger partial charge in [-0.3, -0.25) is 14.8 Å². The number of aromatic nitrogens is 2. The molecule has 4 aromatic rings. The van der Waals surface area contributed by atoms with Crippen molar-refractivity contribution in [3.05, 3.63) is 107 Å². The number of aryl methyl sites for hydroxylation is 2. The summed E-state index contributed by atoms with van der Waals surface area (Å²) in [6.45, 7) is 3.62. The lowest BCUT2D eigenvalue weighted by atomic mass is 10.1. The predicted molar refractivity (Wildman–Crippen MR) is 151 cm³/mol. The Kier molecular flexibility index (Phi) is 9.30. The van der Waals surface area contributed by atoms with Crippen LogP contribution in [-0.2, 0) is 27.8 Å². The smallest absolute Gasteiger partial charge is 0.412 e. The first-order valence-electron chi connectivity index (χ1n) is 13.0. The lowest BCUT2D eigenvalue weighted by molar-refractivity contribution is -0.149. The number of carbonyl (C=O) groups is 3. The number of rotatable bonds is 9. The summed E-state index contributed by atoms with van der Waals surface area (Å²) in [6.07, 6.45) is 0.452. The molecule has 206 valence electrons. The Hall–Kier alpha value is -4.92. The van der Waals surface area contributed by atoms with Gasteiger partial charge in [-0.15, -0.1) is 0 Å². The number of amides is 2. The summed E-state index contributed by atoms with van der Waals surface area (Å²) < 4.78 is 7.20. The molecule has 0 fully saturated rings. The van der Waals surface area contributed by atoms with E-state index >= 15 is 0 Å². The van der Waals surface area contributed by atoms with Crippen LogP contribution >= 0.6 is 0 Å². The summed E-state index contributed by atoms with van der Waals surface area (Å²) in [5, 5.41) is 7.34. The number of anilines is 1. The van der Waals surface area contributed by atoms with Crippen molar-refractivity contribution >= 4 is 23.7 Å². The molecule has 0 saturated carbocycles. The maximum absolute atomic E-state index is 12.7. The third-order valence-electron chi connectivity index (χ3n) is 6.46. The van der Waals surface area contributed by atoms with Crippen molar-refractivity contribution in [1.82, 2.24) is 15.3 Å². The normalized spacial score (nSPS) is 11.4. The van der Waals surface area contributed by atoms with E-state index in [1.165, 1.54) is 0 Å². The summed E-state index contributed by atoms with van der Waals surface area (Å²) in [6, 6.07) is 25.9. The lowest BCUT2D eigenvalue weighted by Gasteiger charge is -2.15. The fraction of sp³-hybridized carbons (Fsp3) is 0.226. The van der Waals surface area contributed by atoms with Crippen molar-refractivity contribution in [1.29, 1.82) is 0 Å². The van der Waals surface area contributed by atoms with E-state index in [9.17, 15) is 14.4 Å². The van der Waals surface area contributed by atoms with Crippen molar-refractivity contribution in [3.8, 4) is 11.3 Å². The Labute approximate surface area is 233 Å². The Balaban J connectivity index is 1.38. The zero-order valence-corrected chi connectivity index (χ0v) is 22.7. The number of nitrogens with zero attached hydrogens (tertiary/aromatic N) is 2. The predicted octanol–water partition coefficient (Wildman–Crippen LogP) is 5.92. The fourth-order valence-electron chi connectivity index (χ4n) is 4.15. The van der Waals surface area contributed by atoms with Crippen LogP contribution in [0.5, 0.6) is 0 Å². The topological polar surface area (TPSA) is 112 Å². The first-order valence-corrected chi connectivity index (χ1v) is 13.0. The SMILES string of the molecule is Cc1c(NC(=O)O[C@H](C)c2ccccc2)c(-c2cccc(C(=O)NOC(=O)CCCc3ccccc3)c2)nn1C. The van der Waals surface area contributed by atoms with Gasteiger partial charge in [0.1, 0.15) is 11.8 Å². The van der Waals surface area contributed by atoms with Crippen LogP contribution < -0.4 is 10.8 Å². The summed E-state index contributed by atoms with van der Waals surface area (Å²) in [5.41, 5.74) is 6.73. The maximum Gasteiger partial charge on any atom is 0.412 e. The molecule has 2 amide bonds. The van der Waals surface area contributed by atoms with Crippen LogP contribution in [0.15, 0.2) is 84.9 Å². The van der Waals surface area contributed by atoms with E-state index in [0.717, 1.165) is 17.5 Å². The minimum atomic E-state index is -0.623. The highest BCUT2D eigenvalue weighted by Crippen LogP contribution is 2.31. The van der Waals surface area contributed by atoms with E-state index in [0.29, 0.717) is 29.1 Å². The summed E-state index contributed by atoms with van der Waals surface area (Å²) in [4.78, 5) is 42.5. The van der Waals surface area contributed by atoms with Crippen molar-refractivity contribution in [2.75, 3.05) is 5.32 Å². The number of carbonyl (C=O) groups excluding carboxylic acids is 3. The van der Waals surface area contributed by atoms with E-state index < -0.39 is 24.1 Å². The largest absolute Gasteiger partial charge is 0.441 e. The highest BCUT2D eigenvalue weighted by Gasteiger charge is 2.20. The van der Waals surface area contributed by atoms with Crippen LogP contribution in [0.3, 0.4) is 0 Å². The summed E-state index contributed by atoms with van der Waals surface area (Å²) >= 11 is 0. The van der Waals surface area contributed by atoms with Crippen LogP contribution in [0.25, 0.3) is 11.3 Å². The van der Waals surface area contributed by atoms with Gasteiger partial charge in [0.15, 0.2) is 0 Å². The Morgan fingerprint density at radius 1 is 0.950 bits per heavy atom. The molecule has 0 unspecified atom stereocenters. The number of hydroxylamine groups is 1. The van der Waals surface area contributed by atoms with Gasteiger partial charge in [0.05, 0.1) is 11.4 Å². The van der Waals surface area contributed by atoms with Crippen molar-refractivity contribution < 1.29 is 24.0 Å². The van der Waals surface area contributed by atoms with Gasteiger partial charge in [-0.1, -0.05) is 72.8 Å². The van der Waals surface area contributed by atoms with Gasteiger partial charge in [-0.05, 0) is 49.9 Å². The van der Waals surface area contributed by atoms with Gasteiger partial charge >= 0.3 is 12.1 Å². The van der Waals surface area contributed by atoms with Crippen LogP contribution in [0.1, 0.15) is 53.0 Å². The number of hydrogen-bond donors (Lipinski definition) is 2. The molecular formula is C31H32N4O5. The molecule has 0 saturated heterocycles. The number of hydrogen-bond acceptors (Lipinski definition) is 6.